The minimum atomic E-state index is 0.167. The van der Waals surface area contributed by atoms with E-state index in [9.17, 15) is 9.59 Å². The van der Waals surface area contributed by atoms with Crippen molar-refractivity contribution < 1.29 is 9.59 Å². The van der Waals surface area contributed by atoms with E-state index in [4.69, 9.17) is 0 Å². The maximum absolute atomic E-state index is 12.6. The Morgan fingerprint density at radius 3 is 2.71 bits per heavy atom. The lowest BCUT2D eigenvalue weighted by molar-refractivity contribution is -0.133. The molecule has 3 rings (SSSR count). The van der Waals surface area contributed by atoms with Gasteiger partial charge in [-0.3, -0.25) is 14.5 Å². The molecule has 2 amide bonds. The summed E-state index contributed by atoms with van der Waals surface area (Å²) in [6.07, 6.45) is 4.37. The number of likely N-dealkylation sites (tertiary alicyclic amines) is 2. The van der Waals surface area contributed by atoms with Crippen molar-refractivity contribution in [3.8, 4) is 0 Å². The van der Waals surface area contributed by atoms with Crippen molar-refractivity contribution in [2.24, 2.45) is 0 Å². The molecule has 0 unspecified atom stereocenters. The fourth-order valence-corrected chi connectivity index (χ4v) is 4.77. The molecule has 0 bridgehead atoms. The van der Waals surface area contributed by atoms with Crippen molar-refractivity contribution in [3.05, 3.63) is 22.4 Å². The summed E-state index contributed by atoms with van der Waals surface area (Å²) in [5, 5.41) is 4.13. The average Bonchev–Trinajstić information content (AvgIpc) is 3.27. The summed E-state index contributed by atoms with van der Waals surface area (Å²) < 4.78 is 0. The highest BCUT2D eigenvalue weighted by Crippen LogP contribution is 2.30. The zero-order chi connectivity index (χ0) is 17.1. The third kappa shape index (κ3) is 3.81. The zero-order valence-electron chi connectivity index (χ0n) is 14.6. The van der Waals surface area contributed by atoms with Gasteiger partial charge in [0, 0.05) is 39.1 Å². The van der Waals surface area contributed by atoms with Crippen LogP contribution in [0.15, 0.2) is 16.8 Å². The van der Waals surface area contributed by atoms with E-state index < -0.39 is 0 Å². The van der Waals surface area contributed by atoms with Crippen molar-refractivity contribution in [1.82, 2.24) is 14.7 Å². The first-order valence-corrected chi connectivity index (χ1v) is 9.77. The highest BCUT2D eigenvalue weighted by Gasteiger charge is 2.39. The second-order valence-corrected chi connectivity index (χ2v) is 7.76. The number of thiophene rings is 1. The van der Waals surface area contributed by atoms with E-state index in [2.05, 4.69) is 16.3 Å². The van der Waals surface area contributed by atoms with Crippen LogP contribution in [0.3, 0.4) is 0 Å². The van der Waals surface area contributed by atoms with Crippen molar-refractivity contribution in [2.75, 3.05) is 26.7 Å². The Balaban J connectivity index is 1.59. The van der Waals surface area contributed by atoms with Crippen LogP contribution in [-0.4, -0.2) is 65.3 Å². The molecule has 2 fully saturated rings. The highest BCUT2D eigenvalue weighted by atomic mass is 32.1. The highest BCUT2D eigenvalue weighted by molar-refractivity contribution is 7.07. The Labute approximate surface area is 148 Å². The van der Waals surface area contributed by atoms with Crippen LogP contribution in [0.1, 0.15) is 38.2 Å². The monoisotopic (exact) mass is 349 g/mol. The van der Waals surface area contributed by atoms with E-state index in [-0.39, 0.29) is 11.8 Å². The first-order chi connectivity index (χ1) is 11.6. The van der Waals surface area contributed by atoms with Crippen LogP contribution in [0.4, 0.5) is 0 Å². The number of amides is 2. The summed E-state index contributed by atoms with van der Waals surface area (Å²) in [6, 6.07) is 2.70. The lowest BCUT2D eigenvalue weighted by Crippen LogP contribution is -2.50. The summed E-state index contributed by atoms with van der Waals surface area (Å²) in [5.41, 5.74) is 1.19. The van der Waals surface area contributed by atoms with Crippen LogP contribution in [0.5, 0.6) is 0 Å². The molecule has 2 atom stereocenters. The smallest absolute Gasteiger partial charge is 0.236 e. The van der Waals surface area contributed by atoms with Gasteiger partial charge in [-0.15, -0.1) is 0 Å². The van der Waals surface area contributed by atoms with Gasteiger partial charge in [0.05, 0.1) is 6.54 Å². The van der Waals surface area contributed by atoms with Crippen LogP contribution in [0.2, 0.25) is 0 Å². The number of carbonyl (C=O) groups is 2. The molecule has 0 saturated carbocycles. The lowest BCUT2D eigenvalue weighted by atomic mass is 10.0. The molecule has 3 heterocycles. The fourth-order valence-electron chi connectivity index (χ4n) is 4.11. The summed E-state index contributed by atoms with van der Waals surface area (Å²) in [6.45, 7) is 4.63. The van der Waals surface area contributed by atoms with E-state index >= 15 is 0 Å². The van der Waals surface area contributed by atoms with Crippen LogP contribution >= 0.6 is 11.3 Å². The van der Waals surface area contributed by atoms with Crippen LogP contribution in [0.25, 0.3) is 0 Å². The van der Waals surface area contributed by atoms with Crippen LogP contribution < -0.4 is 0 Å². The van der Waals surface area contributed by atoms with Crippen molar-refractivity contribution in [1.29, 1.82) is 0 Å². The molecule has 0 radical (unpaired) electrons. The molecule has 2 aliphatic rings. The van der Waals surface area contributed by atoms with Gasteiger partial charge in [0.15, 0.2) is 0 Å². The second kappa shape index (κ2) is 7.66. The van der Waals surface area contributed by atoms with E-state index in [0.717, 1.165) is 38.8 Å². The quantitative estimate of drug-likeness (QED) is 0.818. The summed E-state index contributed by atoms with van der Waals surface area (Å²) in [5.74, 6) is 0.339. The molecular formula is C18H27N3O2S. The summed E-state index contributed by atoms with van der Waals surface area (Å²) in [7, 11) is 1.88. The molecule has 132 valence electrons. The Bertz CT molecular complexity index is 575. The molecule has 24 heavy (non-hydrogen) atoms. The van der Waals surface area contributed by atoms with Crippen molar-refractivity contribution in [3.63, 3.8) is 0 Å². The van der Waals surface area contributed by atoms with Crippen molar-refractivity contribution in [2.45, 2.75) is 51.2 Å². The first kappa shape index (κ1) is 17.4. The molecule has 0 spiro atoms. The number of hydrogen-bond acceptors (Lipinski definition) is 4. The van der Waals surface area contributed by atoms with E-state index in [1.165, 1.54) is 5.56 Å². The third-order valence-electron chi connectivity index (χ3n) is 5.33. The molecule has 0 aromatic carbocycles. The molecule has 1 aromatic heterocycles. The number of hydrogen-bond donors (Lipinski definition) is 0. The zero-order valence-corrected chi connectivity index (χ0v) is 15.4. The van der Waals surface area contributed by atoms with Gasteiger partial charge in [-0.05, 0) is 54.6 Å². The van der Waals surface area contributed by atoms with E-state index in [1.54, 1.807) is 18.3 Å². The molecular weight excluding hydrogens is 322 g/mol. The lowest BCUT2D eigenvalue weighted by Gasteiger charge is -2.35. The Morgan fingerprint density at radius 1 is 1.25 bits per heavy atom. The van der Waals surface area contributed by atoms with E-state index in [0.29, 0.717) is 25.2 Å². The normalized spacial score (nSPS) is 24.5. The molecule has 2 saturated heterocycles. The molecule has 0 N–H and O–H groups in total. The number of rotatable bonds is 5. The predicted octanol–water partition coefficient (Wildman–Crippen LogP) is 2.18. The summed E-state index contributed by atoms with van der Waals surface area (Å²) in [4.78, 5) is 30.6. The minimum Gasteiger partial charge on any atom is -0.340 e. The third-order valence-corrected chi connectivity index (χ3v) is 6.06. The maximum atomic E-state index is 12.6. The number of carbonyl (C=O) groups excluding carboxylic acids is 2. The van der Waals surface area contributed by atoms with Gasteiger partial charge in [-0.25, -0.2) is 0 Å². The fraction of sp³-hybridized carbons (Fsp3) is 0.667. The van der Waals surface area contributed by atoms with Crippen LogP contribution in [0, 0.1) is 0 Å². The first-order valence-electron chi connectivity index (χ1n) is 8.82. The summed E-state index contributed by atoms with van der Waals surface area (Å²) >= 11 is 1.66. The minimum absolute atomic E-state index is 0.167. The van der Waals surface area contributed by atoms with Crippen molar-refractivity contribution >= 4 is 23.2 Å². The van der Waals surface area contributed by atoms with Gasteiger partial charge >= 0.3 is 0 Å². The molecule has 1 aromatic rings. The van der Waals surface area contributed by atoms with Gasteiger partial charge in [0.25, 0.3) is 0 Å². The van der Waals surface area contributed by atoms with Gasteiger partial charge in [0.1, 0.15) is 0 Å². The SMILES string of the molecule is CC(=O)N1CCC[C@H]1[C@H]1CCCN1CC(=O)N(C)Cc1ccsc1. The Kier molecular flexibility index (Phi) is 5.56. The second-order valence-electron chi connectivity index (χ2n) is 6.98. The van der Waals surface area contributed by atoms with Gasteiger partial charge in [0.2, 0.25) is 11.8 Å². The van der Waals surface area contributed by atoms with Gasteiger partial charge < -0.3 is 9.80 Å². The predicted molar refractivity (Wildman–Crippen MR) is 95.8 cm³/mol. The molecule has 2 aliphatic heterocycles. The van der Waals surface area contributed by atoms with E-state index in [1.807, 2.05) is 22.2 Å². The van der Waals surface area contributed by atoms with Crippen LogP contribution in [-0.2, 0) is 16.1 Å². The molecule has 6 heteroatoms. The Hall–Kier alpha value is -1.40. The largest absolute Gasteiger partial charge is 0.340 e. The number of likely N-dealkylation sites (N-methyl/N-ethyl adjacent to an activating group) is 1. The van der Waals surface area contributed by atoms with Gasteiger partial charge in [-0.1, -0.05) is 0 Å². The number of nitrogens with zero attached hydrogens (tertiary/aromatic N) is 3. The molecule has 0 aliphatic carbocycles. The van der Waals surface area contributed by atoms with Gasteiger partial charge in [-0.2, -0.15) is 11.3 Å². The Morgan fingerprint density at radius 2 is 2.00 bits per heavy atom. The standard InChI is InChI=1S/C18H27N3O2S/c1-14(22)21-9-4-6-17(21)16-5-3-8-20(16)12-18(23)19(2)11-15-7-10-24-13-15/h7,10,13,16-17H,3-6,8-9,11-12H2,1-2H3/t16-,17+/m1/s1. The maximum Gasteiger partial charge on any atom is 0.236 e. The average molecular weight is 350 g/mol. The molecule has 5 nitrogen and oxygen atoms in total. The topological polar surface area (TPSA) is 43.9 Å².